The van der Waals surface area contributed by atoms with Crippen molar-refractivity contribution in [3.8, 4) is 6.07 Å². The molecule has 2 atom stereocenters. The number of piperazine rings is 1. The zero-order valence-corrected chi connectivity index (χ0v) is 19.2. The summed E-state index contributed by atoms with van der Waals surface area (Å²) in [5.74, 6) is 0. The van der Waals surface area contributed by atoms with Crippen molar-refractivity contribution in [2.45, 2.75) is 19.0 Å². The molecule has 0 amide bonds. The molecule has 1 aliphatic rings. The van der Waals surface area contributed by atoms with E-state index in [-0.39, 0.29) is 12.1 Å². The first-order chi connectivity index (χ1) is 15.5. The Bertz CT molecular complexity index is 1180. The van der Waals surface area contributed by atoms with Gasteiger partial charge in [0.25, 0.3) is 0 Å². The van der Waals surface area contributed by atoms with E-state index in [0.717, 1.165) is 30.9 Å². The number of halogens is 2. The van der Waals surface area contributed by atoms with Crippen LogP contribution in [0.3, 0.4) is 0 Å². The van der Waals surface area contributed by atoms with Gasteiger partial charge in [0.1, 0.15) is 0 Å². The molecule has 4 rings (SSSR count). The molecule has 0 N–H and O–H groups in total. The zero-order valence-electron chi connectivity index (χ0n) is 17.7. The molecule has 0 bridgehead atoms. The van der Waals surface area contributed by atoms with Gasteiger partial charge in [-0.1, -0.05) is 59.6 Å². The molecule has 2 unspecified atom stereocenters. The molecule has 160 valence electrons. The molecule has 0 saturated carbocycles. The quantitative estimate of drug-likeness (QED) is 0.391. The molecular formula is C26H22Cl2N4. The minimum absolute atomic E-state index is 0.0800. The van der Waals surface area contributed by atoms with Crippen molar-refractivity contribution in [3.63, 3.8) is 0 Å². The molecule has 3 aromatic rings. The fourth-order valence-corrected chi connectivity index (χ4v) is 4.68. The molecule has 1 aliphatic heterocycles. The average molecular weight is 461 g/mol. The Morgan fingerprint density at radius 3 is 2.38 bits per heavy atom. The highest BCUT2D eigenvalue weighted by Crippen LogP contribution is 2.38. The summed E-state index contributed by atoms with van der Waals surface area (Å²) in [4.78, 5) is 8.27. The van der Waals surface area contributed by atoms with Crippen molar-refractivity contribution in [1.29, 1.82) is 5.26 Å². The first-order valence-corrected chi connectivity index (χ1v) is 11.2. The number of rotatable bonds is 4. The van der Waals surface area contributed by atoms with E-state index < -0.39 is 0 Å². The highest BCUT2D eigenvalue weighted by Gasteiger charge is 2.32. The number of benzene rings is 3. The molecule has 1 fully saturated rings. The van der Waals surface area contributed by atoms with Crippen LogP contribution >= 0.6 is 23.2 Å². The molecule has 1 saturated heterocycles. The first-order valence-electron chi connectivity index (χ1n) is 10.4. The van der Waals surface area contributed by atoms with E-state index in [9.17, 15) is 5.26 Å². The summed E-state index contributed by atoms with van der Waals surface area (Å²) in [6.07, 6.45) is 0. The number of hydrogen-bond donors (Lipinski definition) is 0. The summed E-state index contributed by atoms with van der Waals surface area (Å²) >= 11 is 12.7. The second kappa shape index (κ2) is 9.63. The van der Waals surface area contributed by atoms with Crippen LogP contribution in [-0.2, 0) is 0 Å². The van der Waals surface area contributed by atoms with Crippen molar-refractivity contribution in [1.82, 2.24) is 4.90 Å². The Hall–Kier alpha value is -3.02. The number of anilines is 1. The van der Waals surface area contributed by atoms with Crippen molar-refractivity contribution in [2.75, 3.05) is 24.5 Å². The van der Waals surface area contributed by atoms with Crippen molar-refractivity contribution < 1.29 is 0 Å². The number of nitrogens with zero attached hydrogens (tertiary/aromatic N) is 4. The van der Waals surface area contributed by atoms with E-state index in [4.69, 9.17) is 29.8 Å². The maximum Gasteiger partial charge on any atom is 0.187 e. The van der Waals surface area contributed by atoms with Crippen LogP contribution in [0, 0.1) is 17.9 Å². The largest absolute Gasteiger partial charge is 0.361 e. The summed E-state index contributed by atoms with van der Waals surface area (Å²) in [6.45, 7) is 11.8. The number of hydrogen-bond acceptors (Lipinski definition) is 3. The standard InChI is InChI=1S/C26H22Cl2N4/c1-18(20-6-10-23(30-2)11-7-20)31-13-14-32(25-12-3-19(16-29)15-24(25)28)26(17-31)21-4-8-22(27)9-5-21/h3-12,15,18,26H,13-14,17H2,1H3. The van der Waals surface area contributed by atoms with Gasteiger partial charge in [0, 0.05) is 30.7 Å². The van der Waals surface area contributed by atoms with Crippen LogP contribution in [-0.4, -0.2) is 24.5 Å². The molecule has 0 aromatic heterocycles. The van der Waals surface area contributed by atoms with E-state index >= 15 is 0 Å². The SMILES string of the molecule is [C-]#[N+]c1ccc(C(C)N2CCN(c3ccc(C#N)cc3Cl)C(c3ccc(Cl)cc3)C2)cc1. The lowest BCUT2D eigenvalue weighted by atomic mass is 9.98. The van der Waals surface area contributed by atoms with Gasteiger partial charge in [-0.2, -0.15) is 5.26 Å². The Morgan fingerprint density at radius 2 is 1.75 bits per heavy atom. The molecule has 1 heterocycles. The van der Waals surface area contributed by atoms with Crippen LogP contribution in [0.1, 0.15) is 35.7 Å². The minimum Gasteiger partial charge on any atom is -0.361 e. The molecule has 4 nitrogen and oxygen atoms in total. The van der Waals surface area contributed by atoms with Crippen LogP contribution in [0.4, 0.5) is 11.4 Å². The summed E-state index contributed by atoms with van der Waals surface area (Å²) in [6, 6.07) is 23.7. The third kappa shape index (κ3) is 4.59. The highest BCUT2D eigenvalue weighted by molar-refractivity contribution is 6.33. The Morgan fingerprint density at radius 1 is 1.03 bits per heavy atom. The number of nitriles is 1. The second-order valence-corrected chi connectivity index (χ2v) is 8.76. The Labute approximate surface area is 199 Å². The van der Waals surface area contributed by atoms with E-state index in [1.54, 1.807) is 6.07 Å². The molecular weight excluding hydrogens is 439 g/mol. The van der Waals surface area contributed by atoms with Gasteiger partial charge in [-0.05, 0) is 48.4 Å². The van der Waals surface area contributed by atoms with Gasteiger partial charge < -0.3 is 4.90 Å². The zero-order chi connectivity index (χ0) is 22.7. The van der Waals surface area contributed by atoms with Gasteiger partial charge in [0.2, 0.25) is 0 Å². The highest BCUT2D eigenvalue weighted by atomic mass is 35.5. The van der Waals surface area contributed by atoms with Gasteiger partial charge >= 0.3 is 0 Å². The van der Waals surface area contributed by atoms with Gasteiger partial charge in [-0.25, -0.2) is 4.85 Å². The predicted octanol–water partition coefficient (Wildman–Crippen LogP) is 7.04. The smallest absolute Gasteiger partial charge is 0.187 e. The van der Waals surface area contributed by atoms with Gasteiger partial charge in [0.15, 0.2) is 5.69 Å². The van der Waals surface area contributed by atoms with E-state index in [1.165, 1.54) is 5.56 Å². The van der Waals surface area contributed by atoms with E-state index in [2.05, 4.69) is 39.8 Å². The van der Waals surface area contributed by atoms with Gasteiger partial charge in [-0.15, -0.1) is 0 Å². The third-order valence-corrected chi connectivity index (χ3v) is 6.66. The van der Waals surface area contributed by atoms with Crippen LogP contribution in [0.5, 0.6) is 0 Å². The summed E-state index contributed by atoms with van der Waals surface area (Å²) in [5, 5.41) is 10.5. The van der Waals surface area contributed by atoms with Crippen LogP contribution < -0.4 is 4.90 Å². The van der Waals surface area contributed by atoms with Crippen molar-refractivity contribution in [2.24, 2.45) is 0 Å². The molecule has 0 aliphatic carbocycles. The lowest BCUT2D eigenvalue weighted by Crippen LogP contribution is -2.49. The lowest BCUT2D eigenvalue weighted by Gasteiger charge is -2.45. The topological polar surface area (TPSA) is 34.6 Å². The summed E-state index contributed by atoms with van der Waals surface area (Å²) in [7, 11) is 0. The molecule has 0 spiro atoms. The van der Waals surface area contributed by atoms with E-state index in [0.29, 0.717) is 21.3 Å². The normalized spacial score (nSPS) is 17.4. The predicted molar refractivity (Wildman–Crippen MR) is 130 cm³/mol. The van der Waals surface area contributed by atoms with Crippen LogP contribution in [0.25, 0.3) is 4.85 Å². The molecule has 0 radical (unpaired) electrons. The monoisotopic (exact) mass is 460 g/mol. The summed E-state index contributed by atoms with van der Waals surface area (Å²) < 4.78 is 0. The summed E-state index contributed by atoms with van der Waals surface area (Å²) in [5.41, 5.74) is 4.49. The Balaban J connectivity index is 1.65. The maximum atomic E-state index is 9.20. The van der Waals surface area contributed by atoms with Crippen molar-refractivity contribution >= 4 is 34.6 Å². The fourth-order valence-electron chi connectivity index (χ4n) is 4.26. The fraction of sp³-hybridized carbons (Fsp3) is 0.231. The van der Waals surface area contributed by atoms with Crippen molar-refractivity contribution in [3.05, 3.63) is 105 Å². The molecule has 32 heavy (non-hydrogen) atoms. The first kappa shape index (κ1) is 22.2. The molecule has 6 heteroatoms. The third-order valence-electron chi connectivity index (χ3n) is 6.11. The van der Waals surface area contributed by atoms with E-state index in [1.807, 2.05) is 48.5 Å². The average Bonchev–Trinajstić information content (AvgIpc) is 2.84. The van der Waals surface area contributed by atoms with Crippen LogP contribution in [0.15, 0.2) is 66.7 Å². The minimum atomic E-state index is 0.0800. The van der Waals surface area contributed by atoms with Gasteiger partial charge in [0.05, 0.1) is 35.0 Å². The lowest BCUT2D eigenvalue weighted by molar-refractivity contribution is 0.171. The molecule has 3 aromatic carbocycles. The maximum absolute atomic E-state index is 9.20. The Kier molecular flexibility index (Phi) is 6.68. The van der Waals surface area contributed by atoms with Gasteiger partial charge in [-0.3, -0.25) is 4.90 Å². The second-order valence-electron chi connectivity index (χ2n) is 7.91. The van der Waals surface area contributed by atoms with Crippen LogP contribution in [0.2, 0.25) is 10.0 Å².